The number of fused-ring (bicyclic) bond motifs is 1. The third-order valence-corrected chi connectivity index (χ3v) is 5.82. The highest BCUT2D eigenvalue weighted by Crippen LogP contribution is 2.41. The number of ether oxygens (including phenoxy) is 1. The van der Waals surface area contributed by atoms with E-state index < -0.39 is 22.9 Å². The molecule has 11 heteroatoms. The lowest BCUT2D eigenvalue weighted by atomic mass is 9.94. The summed E-state index contributed by atoms with van der Waals surface area (Å²) < 4.78 is 22.9. The summed E-state index contributed by atoms with van der Waals surface area (Å²) in [7, 11) is 3.79. The maximum Gasteiger partial charge on any atom is 0.258 e. The van der Waals surface area contributed by atoms with Crippen LogP contribution in [0.5, 0.6) is 5.75 Å². The summed E-state index contributed by atoms with van der Waals surface area (Å²) in [5, 5.41) is 10.7. The second-order valence-corrected chi connectivity index (χ2v) is 9.73. The Hall–Kier alpha value is -2.69. The number of hydrogen-bond acceptors (Lipinski definition) is 6. The van der Waals surface area contributed by atoms with E-state index in [9.17, 15) is 9.90 Å². The average Bonchev–Trinajstić information content (AvgIpc) is 3.07. The van der Waals surface area contributed by atoms with E-state index in [2.05, 4.69) is 25.5 Å². The van der Waals surface area contributed by atoms with Crippen LogP contribution in [-0.4, -0.2) is 54.4 Å². The molecule has 2 aromatic heterocycles. The molecule has 2 atom stereocenters. The normalized spacial score (nSPS) is 14.4. The van der Waals surface area contributed by atoms with Crippen LogP contribution in [0.1, 0.15) is 55.1 Å². The number of hydrogen-bond donors (Lipinski definition) is 3. The third-order valence-electron chi connectivity index (χ3n) is 5.05. The van der Waals surface area contributed by atoms with Gasteiger partial charge in [0.25, 0.3) is 5.91 Å². The average molecular weight is 491 g/mol. The summed E-state index contributed by atoms with van der Waals surface area (Å²) in [5.74, 6) is -0.839. The molecule has 33 heavy (non-hydrogen) atoms. The van der Waals surface area contributed by atoms with Crippen LogP contribution >= 0.6 is 11.6 Å². The highest BCUT2D eigenvalue weighted by atomic mass is 35.5. The van der Waals surface area contributed by atoms with E-state index in [0.29, 0.717) is 28.4 Å². The number of anilines is 1. The van der Waals surface area contributed by atoms with Crippen molar-refractivity contribution < 1.29 is 19.0 Å². The molecule has 0 fully saturated rings. The number of carbonyl (C=O) groups excluding carboxylic acids is 1. The molecule has 0 aliphatic heterocycles. The minimum atomic E-state index is -1.08. The van der Waals surface area contributed by atoms with E-state index in [1.807, 2.05) is 0 Å². The first-order valence-electron chi connectivity index (χ1n) is 10.4. The molecular weight excluding hydrogens is 465 g/mol. The summed E-state index contributed by atoms with van der Waals surface area (Å²) in [6.07, 6.45) is 2.06. The van der Waals surface area contributed by atoms with Gasteiger partial charge in [0.1, 0.15) is 28.5 Å². The number of amides is 1. The first-order chi connectivity index (χ1) is 15.4. The lowest BCUT2D eigenvalue weighted by molar-refractivity contribution is 0.0913. The molecule has 0 saturated heterocycles. The van der Waals surface area contributed by atoms with Crippen molar-refractivity contribution in [2.45, 2.75) is 51.9 Å². The van der Waals surface area contributed by atoms with E-state index in [-0.39, 0.29) is 29.0 Å². The molecule has 1 aromatic carbocycles. The number of nitrogen functional groups attached to an aromatic ring is 1. The Balaban J connectivity index is 2.30. The largest absolute Gasteiger partial charge is 0.490 e. The molecule has 3 rings (SSSR count). The first-order valence-corrected chi connectivity index (χ1v) is 11.2. The van der Waals surface area contributed by atoms with Gasteiger partial charge >= 0.3 is 0 Å². The fourth-order valence-corrected chi connectivity index (χ4v) is 4.15. The van der Waals surface area contributed by atoms with Crippen LogP contribution in [-0.2, 0) is 5.04 Å². The van der Waals surface area contributed by atoms with Crippen molar-refractivity contribution in [2.75, 3.05) is 12.3 Å². The highest BCUT2D eigenvalue weighted by molar-refractivity contribution is 6.31. The lowest BCUT2D eigenvalue weighted by Crippen LogP contribution is -2.34. The van der Waals surface area contributed by atoms with Crippen LogP contribution in [0, 0.1) is 12.7 Å². The van der Waals surface area contributed by atoms with Gasteiger partial charge < -0.3 is 20.9 Å². The van der Waals surface area contributed by atoms with Gasteiger partial charge in [-0.1, -0.05) is 18.5 Å². The number of aryl methyl sites for hydroxylation is 1. The van der Waals surface area contributed by atoms with E-state index in [4.69, 9.17) is 22.1 Å². The van der Waals surface area contributed by atoms with Crippen molar-refractivity contribution in [1.29, 1.82) is 0 Å². The van der Waals surface area contributed by atoms with Crippen LogP contribution in [0.25, 0.3) is 5.52 Å². The molecule has 0 unspecified atom stereocenters. The molecule has 0 bridgehead atoms. The molecule has 2 heterocycles. The number of nitrogens with zero attached hydrogens (tertiary/aromatic N) is 3. The number of carbonyl (C=O) groups is 1. The fraction of sp³-hybridized carbons (Fsp3) is 0.409. The maximum atomic E-state index is 15.2. The Kier molecular flexibility index (Phi) is 7.01. The summed E-state index contributed by atoms with van der Waals surface area (Å²) in [6.45, 7) is 8.57. The summed E-state index contributed by atoms with van der Waals surface area (Å²) in [6, 6.07) is 1.41. The molecule has 4 N–H and O–H groups in total. The Labute approximate surface area is 199 Å². The molecule has 3 aromatic rings. The zero-order chi connectivity index (χ0) is 24.7. The molecule has 1 amide bonds. The van der Waals surface area contributed by atoms with E-state index >= 15 is 4.39 Å². The van der Waals surface area contributed by atoms with Crippen molar-refractivity contribution in [1.82, 2.24) is 19.7 Å². The van der Waals surface area contributed by atoms with E-state index in [1.54, 1.807) is 44.5 Å². The van der Waals surface area contributed by atoms with E-state index in [1.165, 1.54) is 13.0 Å². The van der Waals surface area contributed by atoms with Crippen LogP contribution in [0.2, 0.25) is 5.02 Å². The molecule has 8 nitrogen and oxygen atoms in total. The number of nitrogens with one attached hydrogen (secondary N) is 1. The molecule has 0 spiro atoms. The molecule has 3 radical (unpaired) electrons. The van der Waals surface area contributed by atoms with Gasteiger partial charge in [-0.05, 0) is 33.8 Å². The number of aliphatic hydroxyl groups is 1. The molecular formula is C22H26ClFN5O3Si. The van der Waals surface area contributed by atoms with Crippen LogP contribution in [0.3, 0.4) is 0 Å². The van der Waals surface area contributed by atoms with Crippen molar-refractivity contribution in [2.24, 2.45) is 0 Å². The number of nitrogens with two attached hydrogens (primary N) is 1. The van der Waals surface area contributed by atoms with Gasteiger partial charge in [-0.15, -0.1) is 0 Å². The fourth-order valence-electron chi connectivity index (χ4n) is 3.58. The highest BCUT2D eigenvalue weighted by Gasteiger charge is 2.37. The van der Waals surface area contributed by atoms with Gasteiger partial charge in [0.15, 0.2) is 5.82 Å². The second kappa shape index (κ2) is 9.28. The topological polar surface area (TPSA) is 115 Å². The van der Waals surface area contributed by atoms with Gasteiger partial charge in [-0.3, -0.25) is 9.20 Å². The minimum absolute atomic E-state index is 0.0175. The maximum absolute atomic E-state index is 15.2. The molecule has 0 saturated carbocycles. The smallest absolute Gasteiger partial charge is 0.258 e. The Morgan fingerprint density at radius 3 is 2.73 bits per heavy atom. The zero-order valence-electron chi connectivity index (χ0n) is 19.0. The van der Waals surface area contributed by atoms with Crippen molar-refractivity contribution in [3.8, 4) is 5.75 Å². The van der Waals surface area contributed by atoms with Gasteiger partial charge in [-0.25, -0.2) is 14.4 Å². The standard InChI is InChI=1S/C22H26ClFN5O3Si/c1-10(2)32-18-13(8-14(23)16(24)15(18)20(31)27-9-11(3)30)22(5,33)21-28-12(4)17-19(25)26-6-7-29(17)21/h6-8,10-11,30H,9H2,1-5H3,(H2,25,26)(H,27,31)/t11-,22-/m0/s1. The van der Waals surface area contributed by atoms with Crippen molar-refractivity contribution in [3.63, 3.8) is 0 Å². The SMILES string of the molecule is Cc1nc([C@@](C)([Si])c2cc(Cl)c(F)c(C(=O)NC[C@H](C)O)c2OC(C)C)n2ccnc(N)c12. The predicted octanol–water partition coefficient (Wildman–Crippen LogP) is 2.74. The van der Waals surface area contributed by atoms with Crippen molar-refractivity contribution >= 4 is 39.1 Å². The number of imidazole rings is 1. The van der Waals surface area contributed by atoms with Gasteiger partial charge in [0.05, 0.1) is 22.9 Å². The number of rotatable bonds is 7. The van der Waals surface area contributed by atoms with Gasteiger partial charge in [0, 0.05) is 39.8 Å². The lowest BCUT2D eigenvalue weighted by Gasteiger charge is -2.29. The molecule has 175 valence electrons. The molecule has 0 aliphatic carbocycles. The number of benzene rings is 1. The summed E-state index contributed by atoms with van der Waals surface area (Å²) in [5.41, 5.74) is 7.38. The van der Waals surface area contributed by atoms with Gasteiger partial charge in [-0.2, -0.15) is 0 Å². The number of aromatic nitrogens is 3. The van der Waals surface area contributed by atoms with Crippen LogP contribution in [0.4, 0.5) is 10.2 Å². The predicted molar refractivity (Wildman–Crippen MR) is 126 cm³/mol. The number of halogens is 2. The quantitative estimate of drug-likeness (QED) is 0.439. The molecule has 0 aliphatic rings. The third kappa shape index (κ3) is 4.68. The number of aliphatic hydroxyl groups excluding tert-OH is 1. The van der Waals surface area contributed by atoms with Crippen LogP contribution < -0.4 is 15.8 Å². The Bertz CT molecular complexity index is 1210. The summed E-state index contributed by atoms with van der Waals surface area (Å²) in [4.78, 5) is 21.7. The summed E-state index contributed by atoms with van der Waals surface area (Å²) >= 11 is 6.24. The van der Waals surface area contributed by atoms with Crippen molar-refractivity contribution in [3.05, 3.63) is 51.9 Å². The Morgan fingerprint density at radius 2 is 2.12 bits per heavy atom. The minimum Gasteiger partial charge on any atom is -0.490 e. The zero-order valence-corrected chi connectivity index (χ0v) is 20.8. The van der Waals surface area contributed by atoms with Gasteiger partial charge in [0.2, 0.25) is 0 Å². The second-order valence-electron chi connectivity index (χ2n) is 8.33. The van der Waals surface area contributed by atoms with Crippen LogP contribution in [0.15, 0.2) is 18.5 Å². The van der Waals surface area contributed by atoms with E-state index in [0.717, 1.165) is 0 Å². The Morgan fingerprint density at radius 1 is 1.45 bits per heavy atom. The first kappa shape index (κ1) is 24.9. The monoisotopic (exact) mass is 490 g/mol.